The minimum Gasteiger partial charge on any atom is -0.507 e. The lowest BCUT2D eigenvalue weighted by molar-refractivity contribution is -0.116. The molecule has 3 aromatic rings. The summed E-state index contributed by atoms with van der Waals surface area (Å²) in [6, 6.07) is 4.56. The highest BCUT2D eigenvalue weighted by Crippen LogP contribution is 2.40. The zero-order chi connectivity index (χ0) is 19.2. The minimum atomic E-state index is -0.976. The lowest BCUT2D eigenvalue weighted by atomic mass is 10.0. The summed E-state index contributed by atoms with van der Waals surface area (Å²) in [5.41, 5.74) is -1.26. The average Bonchev–Trinajstić information content (AvgIpc) is 2.57. The largest absolute Gasteiger partial charge is 0.507 e. The summed E-state index contributed by atoms with van der Waals surface area (Å²) in [6.45, 7) is 1.25. The topological polar surface area (TPSA) is 148 Å². The van der Waals surface area contributed by atoms with Crippen molar-refractivity contribution in [3.8, 4) is 40.1 Å². The van der Waals surface area contributed by atoms with Crippen LogP contribution in [0.15, 0.2) is 33.5 Å². The predicted molar refractivity (Wildman–Crippen MR) is 90.6 cm³/mol. The standard InChI is InChI=1S/C18H14O8/c1-7(19)4-9-11(21)6-13-14(15(9)23)16(24)17(25)18(26-13)8-2-3-10(20)12(22)5-8/h2-3,5-6,20-23,25H,4H2,1H3. The van der Waals surface area contributed by atoms with Crippen molar-refractivity contribution < 1.29 is 34.7 Å². The van der Waals surface area contributed by atoms with Crippen LogP contribution in [0.25, 0.3) is 22.3 Å². The summed E-state index contributed by atoms with van der Waals surface area (Å²) in [5.74, 6) is -3.50. The van der Waals surface area contributed by atoms with E-state index in [1.165, 1.54) is 13.0 Å². The average molecular weight is 358 g/mol. The van der Waals surface area contributed by atoms with Crippen molar-refractivity contribution >= 4 is 16.8 Å². The van der Waals surface area contributed by atoms with Crippen molar-refractivity contribution in [2.75, 3.05) is 0 Å². The summed E-state index contributed by atoms with van der Waals surface area (Å²) in [4.78, 5) is 23.8. The lowest BCUT2D eigenvalue weighted by Gasteiger charge is -2.11. The summed E-state index contributed by atoms with van der Waals surface area (Å²) in [6.07, 6.45) is -0.304. The number of hydrogen-bond acceptors (Lipinski definition) is 8. The zero-order valence-corrected chi connectivity index (χ0v) is 13.5. The van der Waals surface area contributed by atoms with Gasteiger partial charge in [0, 0.05) is 23.6 Å². The molecule has 3 rings (SSSR count). The molecule has 8 nitrogen and oxygen atoms in total. The quantitative estimate of drug-likeness (QED) is 0.447. The van der Waals surface area contributed by atoms with Gasteiger partial charge < -0.3 is 29.9 Å². The molecule has 0 unspecified atom stereocenters. The van der Waals surface area contributed by atoms with Crippen LogP contribution in [0.5, 0.6) is 28.7 Å². The summed E-state index contributed by atoms with van der Waals surface area (Å²) in [7, 11) is 0. The molecule has 0 aliphatic rings. The van der Waals surface area contributed by atoms with Gasteiger partial charge in [0.25, 0.3) is 0 Å². The van der Waals surface area contributed by atoms with E-state index in [2.05, 4.69) is 0 Å². The zero-order valence-electron chi connectivity index (χ0n) is 13.5. The van der Waals surface area contributed by atoms with Crippen LogP contribution in [0.2, 0.25) is 0 Å². The molecular formula is C18H14O8. The van der Waals surface area contributed by atoms with Crippen LogP contribution >= 0.6 is 0 Å². The van der Waals surface area contributed by atoms with Crippen molar-refractivity contribution in [3.05, 3.63) is 40.1 Å². The number of rotatable bonds is 3. The van der Waals surface area contributed by atoms with Crippen LogP contribution in [0.3, 0.4) is 0 Å². The molecule has 0 aliphatic carbocycles. The Balaban J connectivity index is 2.33. The number of phenolic OH excluding ortho intramolecular Hbond substituents is 4. The van der Waals surface area contributed by atoms with E-state index >= 15 is 0 Å². The second-order valence-corrected chi connectivity index (χ2v) is 5.79. The van der Waals surface area contributed by atoms with E-state index in [1.807, 2.05) is 0 Å². The first-order valence-electron chi connectivity index (χ1n) is 7.46. The van der Waals surface area contributed by atoms with Gasteiger partial charge in [0.15, 0.2) is 17.3 Å². The molecule has 0 aliphatic heterocycles. The maximum Gasteiger partial charge on any atom is 0.238 e. The predicted octanol–water partition coefficient (Wildman–Crippen LogP) is 2.12. The molecule has 0 radical (unpaired) electrons. The highest BCUT2D eigenvalue weighted by molar-refractivity contribution is 5.92. The molecule has 26 heavy (non-hydrogen) atoms. The molecule has 0 saturated heterocycles. The number of hydrogen-bond donors (Lipinski definition) is 5. The molecule has 0 amide bonds. The first-order chi connectivity index (χ1) is 12.2. The summed E-state index contributed by atoms with van der Waals surface area (Å²) >= 11 is 0. The Morgan fingerprint density at radius 1 is 0.962 bits per heavy atom. The van der Waals surface area contributed by atoms with Gasteiger partial charge in [-0.05, 0) is 25.1 Å². The first-order valence-corrected chi connectivity index (χ1v) is 7.46. The van der Waals surface area contributed by atoms with E-state index in [0.29, 0.717) is 0 Å². The van der Waals surface area contributed by atoms with Gasteiger partial charge in [-0.1, -0.05) is 0 Å². The molecular weight excluding hydrogens is 344 g/mol. The Bertz CT molecular complexity index is 1110. The molecule has 1 heterocycles. The molecule has 2 aromatic carbocycles. The molecule has 0 saturated carbocycles. The van der Waals surface area contributed by atoms with E-state index < -0.39 is 34.2 Å². The summed E-state index contributed by atoms with van der Waals surface area (Å²) < 4.78 is 5.43. The van der Waals surface area contributed by atoms with Gasteiger partial charge in [0.1, 0.15) is 28.3 Å². The van der Waals surface area contributed by atoms with E-state index in [-0.39, 0.29) is 40.1 Å². The monoisotopic (exact) mass is 358 g/mol. The third-order valence-corrected chi connectivity index (χ3v) is 3.88. The highest BCUT2D eigenvalue weighted by Gasteiger charge is 2.23. The Morgan fingerprint density at radius 2 is 1.65 bits per heavy atom. The van der Waals surface area contributed by atoms with Crippen LogP contribution in [0.4, 0.5) is 0 Å². The van der Waals surface area contributed by atoms with E-state index in [0.717, 1.165) is 18.2 Å². The SMILES string of the molecule is CC(=O)Cc1c(O)cc2oc(-c3ccc(O)c(O)c3)c(O)c(=O)c2c1O. The Morgan fingerprint density at radius 3 is 2.27 bits per heavy atom. The van der Waals surface area contributed by atoms with Crippen molar-refractivity contribution in [1.29, 1.82) is 0 Å². The smallest absolute Gasteiger partial charge is 0.238 e. The number of fused-ring (bicyclic) bond motifs is 1. The van der Waals surface area contributed by atoms with Gasteiger partial charge >= 0.3 is 0 Å². The Labute approximate surface area is 145 Å². The molecule has 0 bridgehead atoms. The molecule has 0 spiro atoms. The molecule has 1 aromatic heterocycles. The number of ketones is 1. The maximum absolute atomic E-state index is 12.5. The number of aromatic hydroxyl groups is 5. The van der Waals surface area contributed by atoms with Crippen LogP contribution in [0, 0.1) is 0 Å². The van der Waals surface area contributed by atoms with E-state index in [9.17, 15) is 35.1 Å². The Hall–Kier alpha value is -3.68. The van der Waals surface area contributed by atoms with Crippen LogP contribution in [-0.2, 0) is 11.2 Å². The van der Waals surface area contributed by atoms with E-state index in [1.54, 1.807) is 0 Å². The second kappa shape index (κ2) is 5.99. The number of carbonyl (C=O) groups is 1. The molecule has 8 heteroatoms. The van der Waals surface area contributed by atoms with Crippen molar-refractivity contribution in [1.82, 2.24) is 0 Å². The molecule has 0 fully saturated rings. The van der Waals surface area contributed by atoms with Crippen molar-refractivity contribution in [3.63, 3.8) is 0 Å². The van der Waals surface area contributed by atoms with Gasteiger partial charge in [-0.25, -0.2) is 0 Å². The first kappa shape index (κ1) is 17.2. The van der Waals surface area contributed by atoms with Gasteiger partial charge in [-0.15, -0.1) is 0 Å². The van der Waals surface area contributed by atoms with Crippen LogP contribution < -0.4 is 5.43 Å². The number of phenols is 4. The fourth-order valence-electron chi connectivity index (χ4n) is 2.64. The molecule has 5 N–H and O–H groups in total. The molecule has 134 valence electrons. The Kier molecular flexibility index (Phi) is 3.96. The minimum absolute atomic E-state index is 0.0867. The fourth-order valence-corrected chi connectivity index (χ4v) is 2.64. The van der Waals surface area contributed by atoms with Crippen molar-refractivity contribution in [2.24, 2.45) is 0 Å². The lowest BCUT2D eigenvalue weighted by Crippen LogP contribution is -2.05. The second-order valence-electron chi connectivity index (χ2n) is 5.79. The highest BCUT2D eigenvalue weighted by atomic mass is 16.4. The maximum atomic E-state index is 12.5. The third kappa shape index (κ3) is 2.67. The van der Waals surface area contributed by atoms with Gasteiger partial charge in [-0.2, -0.15) is 0 Å². The van der Waals surface area contributed by atoms with Crippen LogP contribution in [-0.4, -0.2) is 31.3 Å². The number of benzene rings is 2. The molecule has 0 atom stereocenters. The van der Waals surface area contributed by atoms with E-state index in [4.69, 9.17) is 4.42 Å². The third-order valence-electron chi connectivity index (χ3n) is 3.88. The summed E-state index contributed by atoms with van der Waals surface area (Å²) in [5, 5.41) is 49.0. The normalized spacial score (nSPS) is 11.0. The van der Waals surface area contributed by atoms with Crippen molar-refractivity contribution in [2.45, 2.75) is 13.3 Å². The number of Topliss-reactive ketones (excluding diaryl/α,β-unsaturated/α-hetero) is 1. The van der Waals surface area contributed by atoms with Crippen LogP contribution in [0.1, 0.15) is 12.5 Å². The van der Waals surface area contributed by atoms with Gasteiger partial charge in [-0.3, -0.25) is 9.59 Å². The van der Waals surface area contributed by atoms with Gasteiger partial charge in [0.05, 0.1) is 0 Å². The number of carbonyl (C=O) groups excluding carboxylic acids is 1. The van der Waals surface area contributed by atoms with Gasteiger partial charge in [0.2, 0.25) is 11.2 Å². The fraction of sp³-hybridized carbons (Fsp3) is 0.111.